The molecular formula is C17H18N2O2. The molecule has 0 aromatic heterocycles. The molecule has 108 valence electrons. The lowest BCUT2D eigenvalue weighted by molar-refractivity contribution is 0.0698. The Kier molecular flexibility index (Phi) is 3.52. The maximum atomic E-state index is 11.4. The number of carbonyl (C=O) groups is 1. The molecule has 4 heteroatoms. The fourth-order valence-corrected chi connectivity index (χ4v) is 2.89. The van der Waals surface area contributed by atoms with Crippen molar-refractivity contribution >= 4 is 23.0 Å². The Balaban J connectivity index is 2.00. The van der Waals surface area contributed by atoms with Crippen LogP contribution in [-0.4, -0.2) is 11.1 Å². The van der Waals surface area contributed by atoms with Gasteiger partial charge in [0.2, 0.25) is 0 Å². The van der Waals surface area contributed by atoms with Crippen molar-refractivity contribution in [1.29, 1.82) is 0 Å². The first-order valence-electron chi connectivity index (χ1n) is 7.16. The zero-order chi connectivity index (χ0) is 14.8. The van der Waals surface area contributed by atoms with Gasteiger partial charge in [-0.25, -0.2) is 4.79 Å². The first-order valence-corrected chi connectivity index (χ1v) is 7.16. The number of benzene rings is 2. The van der Waals surface area contributed by atoms with Gasteiger partial charge < -0.3 is 16.2 Å². The molecule has 0 saturated heterocycles. The van der Waals surface area contributed by atoms with E-state index in [0.29, 0.717) is 11.4 Å². The van der Waals surface area contributed by atoms with Crippen molar-refractivity contribution in [1.82, 2.24) is 0 Å². The predicted octanol–water partition coefficient (Wildman–Crippen LogP) is 3.59. The van der Waals surface area contributed by atoms with Crippen molar-refractivity contribution < 1.29 is 9.90 Å². The summed E-state index contributed by atoms with van der Waals surface area (Å²) in [7, 11) is 0. The highest BCUT2D eigenvalue weighted by atomic mass is 16.4. The number of carboxylic acids is 1. The second-order valence-corrected chi connectivity index (χ2v) is 5.39. The summed E-state index contributed by atoms with van der Waals surface area (Å²) in [4.78, 5) is 11.4. The molecule has 0 atom stereocenters. The van der Waals surface area contributed by atoms with Crippen LogP contribution in [0.4, 0.5) is 17.1 Å². The third-order valence-electron chi connectivity index (χ3n) is 3.94. The van der Waals surface area contributed by atoms with Crippen LogP contribution in [0.3, 0.4) is 0 Å². The quantitative estimate of drug-likeness (QED) is 0.752. The van der Waals surface area contributed by atoms with Crippen molar-refractivity contribution in [2.24, 2.45) is 0 Å². The lowest BCUT2D eigenvalue weighted by Gasteiger charge is -2.20. The Morgan fingerprint density at radius 2 is 1.90 bits per heavy atom. The van der Waals surface area contributed by atoms with Gasteiger partial charge in [-0.05, 0) is 61.1 Å². The van der Waals surface area contributed by atoms with Gasteiger partial charge in [0, 0.05) is 11.4 Å². The van der Waals surface area contributed by atoms with Crippen molar-refractivity contribution in [3.05, 3.63) is 53.1 Å². The van der Waals surface area contributed by atoms with Gasteiger partial charge in [0.25, 0.3) is 0 Å². The molecule has 3 rings (SSSR count). The minimum atomic E-state index is -0.977. The first kappa shape index (κ1) is 13.5. The Labute approximate surface area is 123 Å². The third-order valence-corrected chi connectivity index (χ3v) is 3.94. The summed E-state index contributed by atoms with van der Waals surface area (Å²) in [5, 5.41) is 12.6. The molecule has 0 heterocycles. The van der Waals surface area contributed by atoms with E-state index in [1.54, 1.807) is 12.1 Å². The minimum Gasteiger partial charge on any atom is -0.478 e. The Morgan fingerprint density at radius 1 is 1.10 bits per heavy atom. The molecule has 2 aromatic rings. The largest absolute Gasteiger partial charge is 0.478 e. The standard InChI is InChI=1S/C17H18N2O2/c18-12-8-9-16(14(10-12)17(20)21)19-15-7-3-5-11-4-1-2-6-13(11)15/h3,5,7-10,19H,1-2,4,6,18H2,(H,20,21). The number of nitrogens with two attached hydrogens (primary N) is 1. The van der Waals surface area contributed by atoms with Crippen molar-refractivity contribution in [3.8, 4) is 0 Å². The second kappa shape index (κ2) is 5.48. The molecule has 2 aromatic carbocycles. The number of aromatic carboxylic acids is 1. The number of aryl methyl sites for hydroxylation is 1. The van der Waals surface area contributed by atoms with Gasteiger partial charge in [-0.2, -0.15) is 0 Å². The summed E-state index contributed by atoms with van der Waals surface area (Å²) in [5.41, 5.74) is 10.6. The van der Waals surface area contributed by atoms with Crippen LogP contribution in [0, 0.1) is 0 Å². The van der Waals surface area contributed by atoms with E-state index >= 15 is 0 Å². The van der Waals surface area contributed by atoms with E-state index in [1.165, 1.54) is 30.0 Å². The molecule has 4 N–H and O–H groups in total. The number of hydrogen-bond acceptors (Lipinski definition) is 3. The van der Waals surface area contributed by atoms with Crippen LogP contribution in [0.5, 0.6) is 0 Å². The number of carboxylic acid groups (broad SMARTS) is 1. The zero-order valence-corrected chi connectivity index (χ0v) is 11.7. The number of hydrogen-bond donors (Lipinski definition) is 3. The van der Waals surface area contributed by atoms with Crippen LogP contribution in [0.25, 0.3) is 0 Å². The summed E-state index contributed by atoms with van der Waals surface area (Å²) < 4.78 is 0. The maximum Gasteiger partial charge on any atom is 0.337 e. The predicted molar refractivity (Wildman–Crippen MR) is 84.2 cm³/mol. The Bertz CT molecular complexity index is 695. The van der Waals surface area contributed by atoms with Crippen molar-refractivity contribution in [3.63, 3.8) is 0 Å². The van der Waals surface area contributed by atoms with E-state index in [1.807, 2.05) is 12.1 Å². The molecule has 0 radical (unpaired) electrons. The van der Waals surface area contributed by atoms with Crippen LogP contribution in [-0.2, 0) is 12.8 Å². The topological polar surface area (TPSA) is 75.3 Å². The summed E-state index contributed by atoms with van der Waals surface area (Å²) in [6, 6.07) is 11.1. The molecule has 1 aliphatic carbocycles. The van der Waals surface area contributed by atoms with E-state index in [9.17, 15) is 9.90 Å². The van der Waals surface area contributed by atoms with Gasteiger partial charge in [0.05, 0.1) is 11.3 Å². The normalized spacial score (nSPS) is 13.5. The molecule has 4 nitrogen and oxygen atoms in total. The van der Waals surface area contributed by atoms with Gasteiger partial charge in [-0.15, -0.1) is 0 Å². The van der Waals surface area contributed by atoms with Crippen LogP contribution in [0.1, 0.15) is 34.3 Å². The Hall–Kier alpha value is -2.49. The summed E-state index contributed by atoms with van der Waals surface area (Å²) in [5.74, 6) is -0.977. The number of rotatable bonds is 3. The molecule has 0 amide bonds. The number of nitrogens with one attached hydrogen (secondary N) is 1. The highest BCUT2D eigenvalue weighted by molar-refractivity contribution is 5.96. The fourth-order valence-electron chi connectivity index (χ4n) is 2.89. The SMILES string of the molecule is Nc1ccc(Nc2cccc3c2CCCC3)c(C(=O)O)c1. The molecule has 0 aliphatic heterocycles. The molecule has 0 bridgehead atoms. The van der Waals surface area contributed by atoms with Gasteiger partial charge in [0.15, 0.2) is 0 Å². The van der Waals surface area contributed by atoms with Gasteiger partial charge in [-0.3, -0.25) is 0 Å². The fraction of sp³-hybridized carbons (Fsp3) is 0.235. The second-order valence-electron chi connectivity index (χ2n) is 5.39. The molecule has 0 unspecified atom stereocenters. The van der Waals surface area contributed by atoms with E-state index < -0.39 is 5.97 Å². The van der Waals surface area contributed by atoms with Crippen LogP contribution in [0.15, 0.2) is 36.4 Å². The lowest BCUT2D eigenvalue weighted by Crippen LogP contribution is -2.08. The smallest absolute Gasteiger partial charge is 0.337 e. The van der Waals surface area contributed by atoms with Crippen molar-refractivity contribution in [2.45, 2.75) is 25.7 Å². The van der Waals surface area contributed by atoms with E-state index in [-0.39, 0.29) is 5.56 Å². The lowest BCUT2D eigenvalue weighted by atomic mass is 9.90. The monoisotopic (exact) mass is 282 g/mol. The summed E-state index contributed by atoms with van der Waals surface area (Å²) >= 11 is 0. The average Bonchev–Trinajstić information content (AvgIpc) is 2.49. The molecule has 0 saturated carbocycles. The van der Waals surface area contributed by atoms with Crippen molar-refractivity contribution in [2.75, 3.05) is 11.1 Å². The highest BCUT2D eigenvalue weighted by Gasteiger charge is 2.15. The first-order chi connectivity index (χ1) is 10.1. The average molecular weight is 282 g/mol. The van der Waals surface area contributed by atoms with E-state index in [4.69, 9.17) is 5.73 Å². The summed E-state index contributed by atoms with van der Waals surface area (Å²) in [6.07, 6.45) is 4.53. The van der Waals surface area contributed by atoms with E-state index in [0.717, 1.165) is 18.5 Å². The molecular weight excluding hydrogens is 264 g/mol. The third kappa shape index (κ3) is 2.70. The Morgan fingerprint density at radius 3 is 2.71 bits per heavy atom. The van der Waals surface area contributed by atoms with Crippen LogP contribution < -0.4 is 11.1 Å². The van der Waals surface area contributed by atoms with Gasteiger partial charge in [0.1, 0.15) is 0 Å². The summed E-state index contributed by atoms with van der Waals surface area (Å²) in [6.45, 7) is 0. The van der Waals surface area contributed by atoms with Crippen LogP contribution >= 0.6 is 0 Å². The molecule has 1 aliphatic rings. The zero-order valence-electron chi connectivity index (χ0n) is 11.7. The van der Waals surface area contributed by atoms with Gasteiger partial charge >= 0.3 is 5.97 Å². The number of anilines is 3. The number of fused-ring (bicyclic) bond motifs is 1. The molecule has 0 spiro atoms. The van der Waals surface area contributed by atoms with Crippen LogP contribution in [0.2, 0.25) is 0 Å². The maximum absolute atomic E-state index is 11.4. The van der Waals surface area contributed by atoms with E-state index in [2.05, 4.69) is 11.4 Å². The number of nitrogen functional groups attached to an aromatic ring is 1. The minimum absolute atomic E-state index is 0.198. The molecule has 21 heavy (non-hydrogen) atoms. The molecule has 0 fully saturated rings. The highest BCUT2D eigenvalue weighted by Crippen LogP contribution is 2.31. The van der Waals surface area contributed by atoms with Gasteiger partial charge in [-0.1, -0.05) is 12.1 Å².